The van der Waals surface area contributed by atoms with Gasteiger partial charge in [0.15, 0.2) is 0 Å². The van der Waals surface area contributed by atoms with E-state index in [-0.39, 0.29) is 18.6 Å². The van der Waals surface area contributed by atoms with Gasteiger partial charge in [-0.15, -0.1) is 0 Å². The zero-order valence-electron chi connectivity index (χ0n) is 12.7. The van der Waals surface area contributed by atoms with Gasteiger partial charge >= 0.3 is 0 Å². The molecule has 0 spiro atoms. The van der Waals surface area contributed by atoms with Crippen LogP contribution in [-0.2, 0) is 5.41 Å². The van der Waals surface area contributed by atoms with Crippen LogP contribution in [-0.4, -0.2) is 23.4 Å². The van der Waals surface area contributed by atoms with Crippen molar-refractivity contribution in [2.75, 3.05) is 13.2 Å². The molecular weight excluding hydrogens is 260 g/mol. The quantitative estimate of drug-likeness (QED) is 0.903. The molecule has 0 unspecified atom stereocenters. The Balaban J connectivity index is 2.32. The average Bonchev–Trinajstić information content (AvgIpc) is 2.70. The zero-order chi connectivity index (χ0) is 15.0. The van der Waals surface area contributed by atoms with Crippen LogP contribution in [0.15, 0.2) is 36.4 Å². The van der Waals surface area contributed by atoms with Crippen molar-refractivity contribution in [3.05, 3.63) is 58.7 Å². The Hall–Kier alpha value is -1.64. The highest BCUT2D eigenvalue weighted by atomic mass is 16.3. The van der Waals surface area contributed by atoms with Crippen molar-refractivity contribution in [3.63, 3.8) is 0 Å². The van der Waals surface area contributed by atoms with E-state index in [1.807, 2.05) is 0 Å². The van der Waals surface area contributed by atoms with Gasteiger partial charge in [0.25, 0.3) is 0 Å². The molecule has 0 aromatic heterocycles. The summed E-state index contributed by atoms with van der Waals surface area (Å²) in [4.78, 5) is 0. The highest BCUT2D eigenvalue weighted by Gasteiger charge is 2.42. The molecule has 110 valence electrons. The molecule has 0 bridgehead atoms. The average molecular weight is 282 g/mol. The summed E-state index contributed by atoms with van der Waals surface area (Å²) in [5.74, 6) is 0. The summed E-state index contributed by atoms with van der Waals surface area (Å²) in [6.07, 6.45) is 1.31. The Morgan fingerprint density at radius 3 is 1.57 bits per heavy atom. The Kier molecular flexibility index (Phi) is 3.60. The summed E-state index contributed by atoms with van der Waals surface area (Å²) < 4.78 is 0. The van der Waals surface area contributed by atoms with E-state index in [2.05, 4.69) is 50.2 Å². The number of fused-ring (bicyclic) bond motifs is 3. The van der Waals surface area contributed by atoms with Crippen LogP contribution in [0.25, 0.3) is 11.1 Å². The van der Waals surface area contributed by atoms with Gasteiger partial charge in [-0.2, -0.15) is 0 Å². The van der Waals surface area contributed by atoms with Crippen molar-refractivity contribution >= 4 is 0 Å². The van der Waals surface area contributed by atoms with Crippen molar-refractivity contribution in [1.82, 2.24) is 0 Å². The summed E-state index contributed by atoms with van der Waals surface area (Å²) in [5.41, 5.74) is 7.19. The van der Waals surface area contributed by atoms with Crippen LogP contribution in [0.3, 0.4) is 0 Å². The monoisotopic (exact) mass is 282 g/mol. The maximum atomic E-state index is 9.63. The van der Waals surface area contributed by atoms with Gasteiger partial charge in [-0.25, -0.2) is 0 Å². The minimum atomic E-state index is -0.258. The summed E-state index contributed by atoms with van der Waals surface area (Å²) in [7, 11) is 0. The lowest BCUT2D eigenvalue weighted by molar-refractivity contribution is 0.212. The number of hydrogen-bond acceptors (Lipinski definition) is 2. The molecule has 0 amide bonds. The van der Waals surface area contributed by atoms with E-state index in [9.17, 15) is 10.2 Å². The molecule has 0 saturated carbocycles. The van der Waals surface area contributed by atoms with Crippen LogP contribution in [0.5, 0.6) is 0 Å². The van der Waals surface area contributed by atoms with Crippen LogP contribution in [0.1, 0.15) is 35.1 Å². The van der Waals surface area contributed by atoms with Gasteiger partial charge in [-0.1, -0.05) is 47.5 Å². The molecule has 3 rings (SSSR count). The third kappa shape index (κ3) is 2.10. The normalized spacial score (nSPS) is 14.9. The number of aliphatic hydroxyl groups excluding tert-OH is 2. The molecule has 2 N–H and O–H groups in total. The molecule has 0 fully saturated rings. The van der Waals surface area contributed by atoms with Crippen molar-refractivity contribution in [2.24, 2.45) is 0 Å². The minimum Gasteiger partial charge on any atom is -0.396 e. The van der Waals surface area contributed by atoms with Crippen LogP contribution in [0, 0.1) is 13.8 Å². The summed E-state index contributed by atoms with van der Waals surface area (Å²) in [6, 6.07) is 13.1. The van der Waals surface area contributed by atoms with Gasteiger partial charge in [0.2, 0.25) is 0 Å². The molecular formula is C19H22O2. The highest BCUT2D eigenvalue weighted by Crippen LogP contribution is 2.52. The Morgan fingerprint density at radius 1 is 0.762 bits per heavy atom. The molecule has 0 heterocycles. The number of aliphatic hydroxyl groups is 2. The SMILES string of the molecule is Cc1ccc2c(c1)C(CCO)(CCO)c1cc(C)ccc1-2. The zero-order valence-corrected chi connectivity index (χ0v) is 12.7. The van der Waals surface area contributed by atoms with Crippen LogP contribution < -0.4 is 0 Å². The lowest BCUT2D eigenvalue weighted by Crippen LogP contribution is -2.28. The first-order chi connectivity index (χ1) is 10.1. The van der Waals surface area contributed by atoms with Gasteiger partial charge in [0, 0.05) is 18.6 Å². The molecule has 2 nitrogen and oxygen atoms in total. The first kappa shape index (κ1) is 14.3. The molecule has 2 aromatic rings. The summed E-state index contributed by atoms with van der Waals surface area (Å²) in [5, 5.41) is 19.3. The Labute approximate surface area is 126 Å². The van der Waals surface area contributed by atoms with E-state index >= 15 is 0 Å². The second kappa shape index (κ2) is 5.28. The van der Waals surface area contributed by atoms with Crippen molar-refractivity contribution in [1.29, 1.82) is 0 Å². The standard InChI is InChI=1S/C19H22O2/c1-13-3-5-15-16-6-4-14(2)12-18(16)19(7-9-20,8-10-21)17(15)11-13/h3-6,11-12,20-21H,7-10H2,1-2H3. The smallest absolute Gasteiger partial charge is 0.0442 e. The third-order valence-corrected chi connectivity index (χ3v) is 4.75. The molecule has 0 aliphatic heterocycles. The second-order valence-electron chi connectivity index (χ2n) is 6.13. The van der Waals surface area contributed by atoms with Crippen molar-refractivity contribution < 1.29 is 10.2 Å². The molecule has 2 heteroatoms. The number of aryl methyl sites for hydroxylation is 2. The summed E-state index contributed by atoms with van der Waals surface area (Å²) in [6.45, 7) is 4.44. The Morgan fingerprint density at radius 2 is 1.19 bits per heavy atom. The maximum Gasteiger partial charge on any atom is 0.0442 e. The first-order valence-corrected chi connectivity index (χ1v) is 7.57. The van der Waals surface area contributed by atoms with Gasteiger partial charge in [0.05, 0.1) is 0 Å². The van der Waals surface area contributed by atoms with Crippen LogP contribution in [0.2, 0.25) is 0 Å². The fraction of sp³-hybridized carbons (Fsp3) is 0.368. The van der Waals surface area contributed by atoms with E-state index in [1.165, 1.54) is 33.4 Å². The summed E-state index contributed by atoms with van der Waals surface area (Å²) >= 11 is 0. The second-order valence-corrected chi connectivity index (χ2v) is 6.13. The molecule has 1 aliphatic rings. The maximum absolute atomic E-state index is 9.63. The minimum absolute atomic E-state index is 0.126. The van der Waals surface area contributed by atoms with Crippen LogP contribution >= 0.6 is 0 Å². The lowest BCUT2D eigenvalue weighted by atomic mass is 9.72. The number of hydrogen-bond donors (Lipinski definition) is 2. The van der Waals surface area contributed by atoms with Gasteiger partial charge in [-0.3, -0.25) is 0 Å². The van der Waals surface area contributed by atoms with Crippen molar-refractivity contribution in [2.45, 2.75) is 32.1 Å². The molecule has 0 saturated heterocycles. The third-order valence-electron chi connectivity index (χ3n) is 4.75. The fourth-order valence-corrected chi connectivity index (χ4v) is 3.77. The van der Waals surface area contributed by atoms with E-state index in [0.717, 1.165) is 0 Å². The van der Waals surface area contributed by atoms with Gasteiger partial charge < -0.3 is 10.2 Å². The predicted octanol–water partition coefficient (Wildman–Crippen LogP) is 3.33. The van der Waals surface area contributed by atoms with E-state index in [0.29, 0.717) is 12.8 Å². The van der Waals surface area contributed by atoms with Gasteiger partial charge in [0.1, 0.15) is 0 Å². The lowest BCUT2D eigenvalue weighted by Gasteiger charge is -2.31. The molecule has 2 aromatic carbocycles. The predicted molar refractivity (Wildman–Crippen MR) is 85.5 cm³/mol. The molecule has 0 radical (unpaired) electrons. The number of benzene rings is 2. The van der Waals surface area contributed by atoms with Crippen molar-refractivity contribution in [3.8, 4) is 11.1 Å². The topological polar surface area (TPSA) is 40.5 Å². The molecule has 21 heavy (non-hydrogen) atoms. The first-order valence-electron chi connectivity index (χ1n) is 7.57. The molecule has 0 atom stereocenters. The Bertz CT molecular complexity index is 614. The van der Waals surface area contributed by atoms with Gasteiger partial charge in [-0.05, 0) is 48.9 Å². The van der Waals surface area contributed by atoms with E-state index in [1.54, 1.807) is 0 Å². The number of rotatable bonds is 4. The fourth-order valence-electron chi connectivity index (χ4n) is 3.77. The van der Waals surface area contributed by atoms with E-state index in [4.69, 9.17) is 0 Å². The molecule has 1 aliphatic carbocycles. The largest absolute Gasteiger partial charge is 0.396 e. The van der Waals surface area contributed by atoms with Crippen LogP contribution in [0.4, 0.5) is 0 Å². The van der Waals surface area contributed by atoms with E-state index < -0.39 is 0 Å². The highest BCUT2D eigenvalue weighted by molar-refractivity contribution is 5.81.